The first kappa shape index (κ1) is 35.7. The summed E-state index contributed by atoms with van der Waals surface area (Å²) >= 11 is 19.1. The number of halogens is 3. The lowest BCUT2D eigenvalue weighted by Crippen LogP contribution is -2.54. The molecule has 1 N–H and O–H groups in total. The maximum absolute atomic E-state index is 14.4. The summed E-state index contributed by atoms with van der Waals surface area (Å²) in [6, 6.07) is 31.9. The number of barbiturate groups is 1. The highest BCUT2D eigenvalue weighted by atomic mass is 35.5. The van der Waals surface area contributed by atoms with Crippen molar-refractivity contribution in [2.45, 2.75) is 31.3 Å². The van der Waals surface area contributed by atoms with Crippen molar-refractivity contribution in [1.29, 1.82) is 0 Å². The van der Waals surface area contributed by atoms with Gasteiger partial charge in [-0.15, -0.1) is 0 Å². The Balaban J connectivity index is 1.18. The molecule has 0 aliphatic carbocycles. The normalized spacial score (nSPS) is 18.7. The number of rotatable bonds is 8. The first-order valence-corrected chi connectivity index (χ1v) is 18.7. The molecule has 5 aromatic carbocycles. The van der Waals surface area contributed by atoms with Crippen LogP contribution in [0.25, 0.3) is 6.08 Å². The van der Waals surface area contributed by atoms with Crippen molar-refractivity contribution >= 4 is 70.1 Å². The molecule has 1 saturated heterocycles. The van der Waals surface area contributed by atoms with E-state index in [1.165, 1.54) is 13.2 Å². The number of anilines is 2. The Morgan fingerprint density at radius 1 is 0.778 bits per heavy atom. The van der Waals surface area contributed by atoms with Gasteiger partial charge in [-0.25, -0.2) is 9.69 Å². The molecule has 0 aromatic heterocycles. The number of carbonyl (C=O) groups excluding carboxylic acids is 3. The summed E-state index contributed by atoms with van der Waals surface area (Å²) in [5, 5.41) is 3.51. The lowest BCUT2D eigenvalue weighted by molar-refractivity contribution is -0.122. The molecule has 3 aliphatic rings. The Hall–Kier alpha value is -5.28. The number of ether oxygens (including phenoxy) is 2. The fourth-order valence-electron chi connectivity index (χ4n) is 7.78. The SMILES string of the molecule is COc1cc(/C=C2\C(=O)NC(=O)N(c3cc4c5c(c3)[C@@H](c3ccccc3)CCN5CC[C@@H]4c3ccccc3)C2=O)cc(Cl)c1OCc1ccc(Cl)cc1Cl. The molecular weight excluding hydrogens is 745 g/mol. The van der Waals surface area contributed by atoms with Gasteiger partial charge < -0.3 is 14.4 Å². The van der Waals surface area contributed by atoms with Crippen LogP contribution in [0, 0.1) is 0 Å². The third-order valence-corrected chi connectivity index (χ3v) is 11.2. The van der Waals surface area contributed by atoms with E-state index >= 15 is 0 Å². The molecule has 54 heavy (non-hydrogen) atoms. The van der Waals surface area contributed by atoms with E-state index in [0.29, 0.717) is 26.9 Å². The quantitative estimate of drug-likeness (QED) is 0.125. The second-order valence-corrected chi connectivity index (χ2v) is 14.7. The Morgan fingerprint density at radius 3 is 2.00 bits per heavy atom. The van der Waals surface area contributed by atoms with Gasteiger partial charge in [0.15, 0.2) is 11.5 Å². The van der Waals surface area contributed by atoms with Gasteiger partial charge in [0, 0.05) is 46.2 Å². The Bertz CT molecular complexity index is 2260. The maximum atomic E-state index is 14.4. The van der Waals surface area contributed by atoms with Crippen LogP contribution in [0.3, 0.4) is 0 Å². The molecule has 3 aliphatic heterocycles. The summed E-state index contributed by atoms with van der Waals surface area (Å²) in [7, 11) is 1.46. The van der Waals surface area contributed by atoms with Gasteiger partial charge in [-0.1, -0.05) is 102 Å². The minimum absolute atomic E-state index is 0.0522. The third kappa shape index (κ3) is 6.70. The van der Waals surface area contributed by atoms with Gasteiger partial charge in [-0.2, -0.15) is 0 Å². The first-order chi connectivity index (χ1) is 26.2. The van der Waals surface area contributed by atoms with Crippen LogP contribution in [0.4, 0.5) is 16.2 Å². The predicted octanol–water partition coefficient (Wildman–Crippen LogP) is 9.78. The zero-order chi connectivity index (χ0) is 37.5. The standard InChI is InChI=1S/C43H34Cl3N3O5/c1-53-38-20-25(19-37(46)40(38)54-24-28-12-13-29(44)21-36(28)45)18-35-41(50)47-43(52)49(42(35)51)30-22-33-31(26-8-4-2-5-9-26)14-16-48-17-15-32(34(23-30)39(33)48)27-10-6-3-7-11-27/h2-13,18-23,31-32H,14-17,24H2,1H3,(H,47,50,52)/b35-18+/t31-,32-/m1/s1. The van der Waals surface area contributed by atoms with Gasteiger partial charge in [0.1, 0.15) is 12.2 Å². The van der Waals surface area contributed by atoms with Crippen molar-refractivity contribution in [3.05, 3.63) is 157 Å². The lowest BCUT2D eigenvalue weighted by Gasteiger charge is -2.44. The molecule has 0 bridgehead atoms. The number of hydrogen-bond donors (Lipinski definition) is 1. The number of hydrogen-bond acceptors (Lipinski definition) is 6. The van der Waals surface area contributed by atoms with Gasteiger partial charge in [-0.05, 0) is 83.1 Å². The van der Waals surface area contributed by atoms with Gasteiger partial charge in [0.05, 0.1) is 17.8 Å². The number of nitrogens with zero attached hydrogens (tertiary/aromatic N) is 2. The zero-order valence-corrected chi connectivity index (χ0v) is 31.4. The highest BCUT2D eigenvalue weighted by Gasteiger charge is 2.40. The van der Waals surface area contributed by atoms with Gasteiger partial charge in [0.25, 0.3) is 11.8 Å². The number of urea groups is 1. The summed E-state index contributed by atoms with van der Waals surface area (Å²) in [4.78, 5) is 44.9. The second-order valence-electron chi connectivity index (χ2n) is 13.5. The van der Waals surface area contributed by atoms with Crippen molar-refractivity contribution in [2.24, 2.45) is 0 Å². The van der Waals surface area contributed by atoms with Gasteiger partial charge in [-0.3, -0.25) is 14.9 Å². The largest absolute Gasteiger partial charge is 0.493 e. The van der Waals surface area contributed by atoms with Gasteiger partial charge in [0.2, 0.25) is 0 Å². The Kier molecular flexibility index (Phi) is 9.83. The van der Waals surface area contributed by atoms with Crippen LogP contribution in [-0.2, 0) is 16.2 Å². The minimum atomic E-state index is -0.816. The van der Waals surface area contributed by atoms with E-state index in [0.717, 1.165) is 58.8 Å². The fraction of sp³-hybridized carbons (Fsp3) is 0.186. The van der Waals surface area contributed by atoms with Crippen LogP contribution >= 0.6 is 34.8 Å². The summed E-state index contributed by atoms with van der Waals surface area (Å²) in [6.07, 6.45) is 3.17. The molecule has 11 heteroatoms. The Labute approximate surface area is 327 Å². The molecule has 0 radical (unpaired) electrons. The van der Waals surface area contributed by atoms with Crippen molar-refractivity contribution in [2.75, 3.05) is 30.0 Å². The van der Waals surface area contributed by atoms with Crippen LogP contribution < -0.4 is 24.6 Å². The van der Waals surface area contributed by atoms with Crippen LogP contribution in [0.15, 0.2) is 109 Å². The average Bonchev–Trinajstić information content (AvgIpc) is 3.17. The highest BCUT2D eigenvalue weighted by molar-refractivity contribution is 6.39. The molecule has 8 rings (SSSR count). The monoisotopic (exact) mass is 777 g/mol. The number of imide groups is 2. The number of methoxy groups -OCH3 is 1. The smallest absolute Gasteiger partial charge is 0.335 e. The molecule has 0 saturated carbocycles. The van der Waals surface area contributed by atoms with Crippen LogP contribution in [0.1, 0.15) is 58.1 Å². The van der Waals surface area contributed by atoms with E-state index < -0.39 is 17.8 Å². The predicted molar refractivity (Wildman–Crippen MR) is 212 cm³/mol. The van der Waals surface area contributed by atoms with Crippen LogP contribution in [0.5, 0.6) is 11.5 Å². The molecule has 0 unspecified atom stereocenters. The highest BCUT2D eigenvalue weighted by Crippen LogP contribution is 2.50. The van der Waals surface area contributed by atoms with E-state index in [4.69, 9.17) is 44.3 Å². The summed E-state index contributed by atoms with van der Waals surface area (Å²) in [6.45, 7) is 1.88. The molecule has 8 nitrogen and oxygen atoms in total. The van der Waals surface area contributed by atoms with Crippen molar-refractivity contribution in [3.63, 3.8) is 0 Å². The van der Waals surface area contributed by atoms with Crippen molar-refractivity contribution in [3.8, 4) is 11.5 Å². The fourth-order valence-corrected chi connectivity index (χ4v) is 8.52. The molecule has 4 amide bonds. The molecule has 0 spiro atoms. The molecule has 3 heterocycles. The molecule has 5 aromatic rings. The topological polar surface area (TPSA) is 88.2 Å². The third-order valence-electron chi connectivity index (χ3n) is 10.3. The molecule has 1 fully saturated rings. The van der Waals surface area contributed by atoms with E-state index in [1.807, 2.05) is 48.5 Å². The number of nitrogens with one attached hydrogen (secondary N) is 1. The number of amides is 4. The number of benzene rings is 5. The van der Waals surface area contributed by atoms with E-state index in [9.17, 15) is 14.4 Å². The van der Waals surface area contributed by atoms with Crippen LogP contribution in [-0.4, -0.2) is 38.0 Å². The molecule has 272 valence electrons. The van der Waals surface area contributed by atoms with Crippen molar-refractivity contribution < 1.29 is 23.9 Å². The minimum Gasteiger partial charge on any atom is -0.493 e. The van der Waals surface area contributed by atoms with Gasteiger partial charge >= 0.3 is 6.03 Å². The summed E-state index contributed by atoms with van der Waals surface area (Å²) < 4.78 is 11.6. The van der Waals surface area contributed by atoms with Crippen molar-refractivity contribution in [1.82, 2.24) is 5.32 Å². The molecular formula is C43H34Cl3N3O5. The second kappa shape index (κ2) is 14.9. The Morgan fingerprint density at radius 2 is 1.41 bits per heavy atom. The first-order valence-electron chi connectivity index (χ1n) is 17.6. The number of carbonyl (C=O) groups is 3. The maximum Gasteiger partial charge on any atom is 0.335 e. The summed E-state index contributed by atoms with van der Waals surface area (Å²) in [5.41, 5.74) is 6.83. The van der Waals surface area contributed by atoms with E-state index in [1.54, 1.807) is 30.3 Å². The summed E-state index contributed by atoms with van der Waals surface area (Å²) in [5.74, 6) is -0.939. The zero-order valence-electron chi connectivity index (χ0n) is 29.2. The lowest BCUT2D eigenvalue weighted by atomic mass is 9.76. The average molecular weight is 779 g/mol. The van der Waals surface area contributed by atoms with E-state index in [2.05, 4.69) is 34.5 Å². The molecule has 2 atom stereocenters. The van der Waals surface area contributed by atoms with E-state index in [-0.39, 0.29) is 40.5 Å². The van der Waals surface area contributed by atoms with Crippen LogP contribution in [0.2, 0.25) is 15.1 Å².